The number of carbonyl (C=O) groups is 1. The molecular formula is C22H23Cl2N3O2. The predicted octanol–water partition coefficient (Wildman–Crippen LogP) is 4.64. The van der Waals surface area contributed by atoms with Crippen molar-refractivity contribution in [1.29, 1.82) is 0 Å². The van der Waals surface area contributed by atoms with Crippen molar-refractivity contribution >= 4 is 40.1 Å². The Labute approximate surface area is 179 Å². The quantitative estimate of drug-likeness (QED) is 0.654. The normalized spacial score (nSPS) is 19.4. The van der Waals surface area contributed by atoms with Gasteiger partial charge in [0.05, 0.1) is 21.6 Å². The molecule has 5 nitrogen and oxygen atoms in total. The molecule has 0 radical (unpaired) electrons. The topological polar surface area (TPSA) is 56.0 Å². The molecule has 1 N–H and O–H groups in total. The average molecular weight is 432 g/mol. The van der Waals surface area contributed by atoms with Crippen molar-refractivity contribution in [3.8, 4) is 0 Å². The molecule has 1 heterocycles. The second kappa shape index (κ2) is 8.25. The van der Waals surface area contributed by atoms with E-state index in [1.165, 1.54) is 0 Å². The summed E-state index contributed by atoms with van der Waals surface area (Å²) in [6, 6.07) is 12.9. The number of carbonyl (C=O) groups excluding carboxylic acids is 1. The fourth-order valence-corrected chi connectivity index (χ4v) is 4.60. The highest BCUT2D eigenvalue weighted by Gasteiger charge is 2.25. The molecule has 1 aromatic heterocycles. The number of amides is 1. The number of rotatable bonds is 4. The van der Waals surface area contributed by atoms with Gasteiger partial charge >= 0.3 is 5.69 Å². The van der Waals surface area contributed by atoms with Gasteiger partial charge in [0, 0.05) is 24.7 Å². The maximum Gasteiger partial charge on any atom is 0.328 e. The fraction of sp³-hybridized carbons (Fsp3) is 0.364. The van der Waals surface area contributed by atoms with Crippen LogP contribution in [0.5, 0.6) is 0 Å². The Morgan fingerprint density at radius 3 is 2.48 bits per heavy atom. The number of aromatic nitrogens is 2. The summed E-state index contributed by atoms with van der Waals surface area (Å²) < 4.78 is 3.58. The van der Waals surface area contributed by atoms with Gasteiger partial charge in [-0.2, -0.15) is 0 Å². The van der Waals surface area contributed by atoms with Gasteiger partial charge in [0.1, 0.15) is 0 Å². The number of hydrogen-bond acceptors (Lipinski definition) is 2. The minimum atomic E-state index is -0.189. The van der Waals surface area contributed by atoms with Crippen LogP contribution in [0.3, 0.4) is 0 Å². The van der Waals surface area contributed by atoms with Crippen LogP contribution in [0.25, 0.3) is 11.0 Å². The zero-order valence-electron chi connectivity index (χ0n) is 16.2. The molecule has 1 aliphatic rings. The van der Waals surface area contributed by atoms with Gasteiger partial charge in [0.25, 0.3) is 5.91 Å². The van der Waals surface area contributed by atoms with E-state index in [-0.39, 0.29) is 17.6 Å². The second-order valence-corrected chi connectivity index (χ2v) is 8.60. The summed E-state index contributed by atoms with van der Waals surface area (Å²) in [5, 5.41) is 3.97. The SMILES string of the molecule is Cn1c(=O)n(C[C@H]2CC[C@H](NC(=O)c3cc(Cl)ccc3Cl)CC2)c2ccccc21. The number of halogens is 2. The van der Waals surface area contributed by atoms with Crippen LogP contribution in [-0.2, 0) is 13.6 Å². The molecule has 0 atom stereocenters. The van der Waals surface area contributed by atoms with Crippen molar-refractivity contribution in [2.75, 3.05) is 0 Å². The summed E-state index contributed by atoms with van der Waals surface area (Å²) in [7, 11) is 1.81. The van der Waals surface area contributed by atoms with E-state index in [2.05, 4.69) is 5.32 Å². The van der Waals surface area contributed by atoms with Crippen LogP contribution >= 0.6 is 23.2 Å². The number of benzene rings is 2. The Morgan fingerprint density at radius 2 is 1.76 bits per heavy atom. The Bertz CT molecular complexity index is 1110. The van der Waals surface area contributed by atoms with Gasteiger partial charge in [0.15, 0.2) is 0 Å². The number of nitrogens with one attached hydrogen (secondary N) is 1. The van der Waals surface area contributed by atoms with Gasteiger partial charge < -0.3 is 5.32 Å². The third-order valence-corrected chi connectivity index (χ3v) is 6.41. The summed E-state index contributed by atoms with van der Waals surface area (Å²) in [5.41, 5.74) is 2.36. The van der Waals surface area contributed by atoms with Crippen molar-refractivity contribution in [3.05, 3.63) is 68.6 Å². The molecule has 29 heavy (non-hydrogen) atoms. The molecule has 7 heteroatoms. The molecular weight excluding hydrogens is 409 g/mol. The highest BCUT2D eigenvalue weighted by Crippen LogP contribution is 2.27. The Kier molecular flexibility index (Phi) is 5.70. The molecule has 0 bridgehead atoms. The number of para-hydroxylation sites is 2. The molecule has 0 saturated heterocycles. The van der Waals surface area contributed by atoms with Crippen molar-refractivity contribution in [3.63, 3.8) is 0 Å². The molecule has 0 unspecified atom stereocenters. The zero-order valence-corrected chi connectivity index (χ0v) is 17.7. The summed E-state index contributed by atoms with van der Waals surface area (Å²) >= 11 is 12.1. The molecule has 0 aliphatic heterocycles. The third-order valence-electron chi connectivity index (χ3n) is 5.85. The lowest BCUT2D eigenvalue weighted by Gasteiger charge is -2.29. The van der Waals surface area contributed by atoms with Crippen LogP contribution in [0.1, 0.15) is 36.0 Å². The summed E-state index contributed by atoms with van der Waals surface area (Å²) in [5.74, 6) is 0.229. The van der Waals surface area contributed by atoms with E-state index in [4.69, 9.17) is 23.2 Å². The van der Waals surface area contributed by atoms with E-state index in [0.717, 1.165) is 36.7 Å². The first-order valence-corrected chi connectivity index (χ1v) is 10.6. The maximum atomic E-state index is 12.6. The van der Waals surface area contributed by atoms with Crippen molar-refractivity contribution in [2.45, 2.75) is 38.3 Å². The van der Waals surface area contributed by atoms with Crippen LogP contribution in [0.2, 0.25) is 10.0 Å². The van der Waals surface area contributed by atoms with E-state index in [1.807, 2.05) is 35.9 Å². The monoisotopic (exact) mass is 431 g/mol. The number of fused-ring (bicyclic) bond motifs is 1. The highest BCUT2D eigenvalue weighted by atomic mass is 35.5. The van der Waals surface area contributed by atoms with Crippen LogP contribution < -0.4 is 11.0 Å². The molecule has 4 rings (SSSR count). The summed E-state index contributed by atoms with van der Waals surface area (Å²) in [6.45, 7) is 0.709. The minimum Gasteiger partial charge on any atom is -0.349 e. The van der Waals surface area contributed by atoms with Gasteiger partial charge in [-0.25, -0.2) is 4.79 Å². The fourth-order valence-electron chi connectivity index (χ4n) is 4.22. The molecule has 2 aromatic carbocycles. The highest BCUT2D eigenvalue weighted by molar-refractivity contribution is 6.35. The lowest BCUT2D eigenvalue weighted by molar-refractivity contribution is 0.0920. The molecule has 152 valence electrons. The predicted molar refractivity (Wildman–Crippen MR) is 117 cm³/mol. The summed E-state index contributed by atoms with van der Waals surface area (Å²) in [6.07, 6.45) is 3.69. The van der Waals surface area contributed by atoms with E-state index >= 15 is 0 Å². The van der Waals surface area contributed by atoms with Gasteiger partial charge in [0.2, 0.25) is 0 Å². The Balaban J connectivity index is 1.39. The van der Waals surface area contributed by atoms with Crippen LogP contribution in [0, 0.1) is 5.92 Å². The molecule has 1 saturated carbocycles. The zero-order chi connectivity index (χ0) is 20.5. The lowest BCUT2D eigenvalue weighted by Crippen LogP contribution is -2.38. The van der Waals surface area contributed by atoms with E-state index in [9.17, 15) is 9.59 Å². The van der Waals surface area contributed by atoms with Crippen molar-refractivity contribution in [2.24, 2.45) is 13.0 Å². The molecule has 1 aliphatic carbocycles. The number of aryl methyl sites for hydroxylation is 1. The van der Waals surface area contributed by atoms with Gasteiger partial charge in [-0.1, -0.05) is 35.3 Å². The first-order chi connectivity index (χ1) is 13.9. The third kappa shape index (κ3) is 4.07. The first-order valence-electron chi connectivity index (χ1n) is 9.84. The van der Waals surface area contributed by atoms with E-state index < -0.39 is 0 Å². The van der Waals surface area contributed by atoms with Gasteiger partial charge in [-0.05, 0) is 61.9 Å². The van der Waals surface area contributed by atoms with Crippen molar-refractivity contribution in [1.82, 2.24) is 14.5 Å². The standard InChI is InChI=1S/C22H23Cl2N3O2/c1-26-19-4-2-3-5-20(19)27(22(26)29)13-14-6-9-16(10-7-14)25-21(28)17-12-15(23)8-11-18(17)24/h2-5,8,11-12,14,16H,6-7,9-10,13H2,1H3,(H,25,28)/t14-,16-. The molecule has 0 spiro atoms. The largest absolute Gasteiger partial charge is 0.349 e. The lowest BCUT2D eigenvalue weighted by atomic mass is 9.85. The van der Waals surface area contributed by atoms with E-state index in [1.54, 1.807) is 22.8 Å². The summed E-state index contributed by atoms with van der Waals surface area (Å²) in [4.78, 5) is 25.2. The molecule has 1 amide bonds. The number of nitrogens with zero attached hydrogens (tertiary/aromatic N) is 2. The minimum absolute atomic E-state index is 0.0252. The second-order valence-electron chi connectivity index (χ2n) is 7.76. The van der Waals surface area contributed by atoms with Crippen LogP contribution in [0.15, 0.2) is 47.3 Å². The van der Waals surface area contributed by atoms with Crippen LogP contribution in [0.4, 0.5) is 0 Å². The molecule has 1 fully saturated rings. The Morgan fingerprint density at radius 1 is 1.07 bits per heavy atom. The first kappa shape index (κ1) is 20.0. The molecule has 3 aromatic rings. The smallest absolute Gasteiger partial charge is 0.328 e. The van der Waals surface area contributed by atoms with Gasteiger partial charge in [-0.3, -0.25) is 13.9 Å². The van der Waals surface area contributed by atoms with Crippen molar-refractivity contribution < 1.29 is 4.79 Å². The number of hydrogen-bond donors (Lipinski definition) is 1. The van der Waals surface area contributed by atoms with E-state index in [0.29, 0.717) is 28.1 Å². The Hall–Kier alpha value is -2.24. The van der Waals surface area contributed by atoms with Crippen LogP contribution in [-0.4, -0.2) is 21.1 Å². The maximum absolute atomic E-state index is 12.6. The number of imidazole rings is 1. The average Bonchev–Trinajstić information content (AvgIpc) is 2.96. The van der Waals surface area contributed by atoms with Gasteiger partial charge in [-0.15, -0.1) is 0 Å².